The van der Waals surface area contributed by atoms with Gasteiger partial charge in [-0.25, -0.2) is 4.98 Å². The van der Waals surface area contributed by atoms with Crippen molar-refractivity contribution in [3.05, 3.63) is 35.2 Å². The SMILES string of the molecule is Nc1nc(-c2ccc(C#CCCO)cc2)cs1. The smallest absolute Gasteiger partial charge is 0.180 e. The first-order valence-corrected chi connectivity index (χ1v) is 6.09. The Morgan fingerprint density at radius 1 is 1.29 bits per heavy atom. The predicted octanol–water partition coefficient (Wildman–Crippen LogP) is 2.13. The normalized spacial score (nSPS) is 9.71. The molecule has 0 spiro atoms. The highest BCUT2D eigenvalue weighted by Crippen LogP contribution is 2.22. The van der Waals surface area contributed by atoms with Gasteiger partial charge in [0.15, 0.2) is 5.13 Å². The van der Waals surface area contributed by atoms with Crippen LogP contribution in [0.1, 0.15) is 12.0 Å². The second-order valence-electron chi connectivity index (χ2n) is 3.42. The number of aromatic nitrogens is 1. The van der Waals surface area contributed by atoms with Gasteiger partial charge in [-0.3, -0.25) is 0 Å². The lowest BCUT2D eigenvalue weighted by molar-refractivity contribution is 0.305. The molecule has 2 aromatic rings. The van der Waals surface area contributed by atoms with E-state index in [1.54, 1.807) is 0 Å². The van der Waals surface area contributed by atoms with Crippen LogP contribution >= 0.6 is 11.3 Å². The number of hydrogen-bond donors (Lipinski definition) is 2. The topological polar surface area (TPSA) is 59.1 Å². The number of anilines is 1. The number of nitrogens with two attached hydrogens (primary N) is 1. The molecular formula is C13H12N2OS. The molecule has 0 atom stereocenters. The highest BCUT2D eigenvalue weighted by molar-refractivity contribution is 7.13. The van der Waals surface area contributed by atoms with Gasteiger partial charge in [0, 0.05) is 22.9 Å². The van der Waals surface area contributed by atoms with E-state index in [2.05, 4.69) is 16.8 Å². The molecule has 1 heterocycles. The van der Waals surface area contributed by atoms with Crippen LogP contribution in [0.3, 0.4) is 0 Å². The molecule has 0 amide bonds. The van der Waals surface area contributed by atoms with E-state index in [1.165, 1.54) is 11.3 Å². The van der Waals surface area contributed by atoms with Gasteiger partial charge in [-0.1, -0.05) is 24.0 Å². The van der Waals surface area contributed by atoms with Gasteiger partial charge in [0.2, 0.25) is 0 Å². The first-order chi connectivity index (χ1) is 8.29. The van der Waals surface area contributed by atoms with Crippen LogP contribution < -0.4 is 5.73 Å². The van der Waals surface area contributed by atoms with E-state index >= 15 is 0 Å². The van der Waals surface area contributed by atoms with Gasteiger partial charge in [-0.15, -0.1) is 11.3 Å². The van der Waals surface area contributed by atoms with Crippen LogP contribution in [0.4, 0.5) is 5.13 Å². The largest absolute Gasteiger partial charge is 0.395 e. The highest BCUT2D eigenvalue weighted by atomic mass is 32.1. The molecule has 86 valence electrons. The first kappa shape index (κ1) is 11.6. The molecule has 4 heteroatoms. The van der Waals surface area contributed by atoms with Crippen LogP contribution in [0.25, 0.3) is 11.3 Å². The quantitative estimate of drug-likeness (QED) is 0.796. The summed E-state index contributed by atoms with van der Waals surface area (Å²) in [6, 6.07) is 7.82. The van der Waals surface area contributed by atoms with Gasteiger partial charge in [0.25, 0.3) is 0 Å². The van der Waals surface area contributed by atoms with Crippen molar-refractivity contribution in [1.82, 2.24) is 4.98 Å². The second-order valence-corrected chi connectivity index (χ2v) is 4.31. The molecule has 2 rings (SSSR count). The Bertz CT molecular complexity index is 549. The summed E-state index contributed by atoms with van der Waals surface area (Å²) in [6.45, 7) is 0.100. The molecule has 0 saturated carbocycles. The average Bonchev–Trinajstić information content (AvgIpc) is 2.77. The first-order valence-electron chi connectivity index (χ1n) is 5.21. The summed E-state index contributed by atoms with van der Waals surface area (Å²) < 4.78 is 0. The maximum absolute atomic E-state index is 8.62. The van der Waals surface area contributed by atoms with Crippen LogP contribution in [0.2, 0.25) is 0 Å². The maximum atomic E-state index is 8.62. The maximum Gasteiger partial charge on any atom is 0.180 e. The summed E-state index contributed by atoms with van der Waals surface area (Å²) in [4.78, 5) is 4.21. The number of rotatable bonds is 2. The van der Waals surface area contributed by atoms with E-state index in [4.69, 9.17) is 10.8 Å². The molecule has 0 radical (unpaired) electrons. The lowest BCUT2D eigenvalue weighted by Crippen LogP contribution is -1.83. The van der Waals surface area contributed by atoms with Gasteiger partial charge >= 0.3 is 0 Å². The molecule has 0 fully saturated rings. The number of aliphatic hydroxyl groups excluding tert-OH is 1. The number of nitrogens with zero attached hydrogens (tertiary/aromatic N) is 1. The fraction of sp³-hybridized carbons (Fsp3) is 0.154. The Labute approximate surface area is 104 Å². The summed E-state index contributed by atoms with van der Waals surface area (Å²) in [5.41, 5.74) is 8.45. The lowest BCUT2D eigenvalue weighted by atomic mass is 10.1. The van der Waals surface area contributed by atoms with Crippen molar-refractivity contribution < 1.29 is 5.11 Å². The zero-order valence-electron chi connectivity index (χ0n) is 9.18. The van der Waals surface area contributed by atoms with E-state index in [-0.39, 0.29) is 6.61 Å². The third-order valence-corrected chi connectivity index (χ3v) is 2.85. The zero-order valence-corrected chi connectivity index (χ0v) is 10.00. The van der Waals surface area contributed by atoms with Gasteiger partial charge in [-0.2, -0.15) is 0 Å². The van der Waals surface area contributed by atoms with Gasteiger partial charge < -0.3 is 10.8 Å². The minimum atomic E-state index is 0.100. The number of benzene rings is 1. The predicted molar refractivity (Wildman–Crippen MR) is 70.5 cm³/mol. The van der Waals surface area contributed by atoms with Crippen molar-refractivity contribution in [1.29, 1.82) is 0 Å². The van der Waals surface area contributed by atoms with Crippen molar-refractivity contribution in [2.45, 2.75) is 6.42 Å². The summed E-state index contributed by atoms with van der Waals surface area (Å²) in [5, 5.41) is 11.1. The Balaban J connectivity index is 2.16. The summed E-state index contributed by atoms with van der Waals surface area (Å²) in [5.74, 6) is 5.86. The Hall–Kier alpha value is -1.83. The van der Waals surface area contributed by atoms with Crippen LogP contribution in [-0.2, 0) is 0 Å². The lowest BCUT2D eigenvalue weighted by Gasteiger charge is -1.96. The van der Waals surface area contributed by atoms with Gasteiger partial charge in [0.1, 0.15) is 0 Å². The van der Waals surface area contributed by atoms with Crippen LogP contribution in [0, 0.1) is 11.8 Å². The summed E-state index contributed by atoms with van der Waals surface area (Å²) in [7, 11) is 0. The van der Waals surface area contributed by atoms with Crippen LogP contribution in [0.5, 0.6) is 0 Å². The Kier molecular flexibility index (Phi) is 3.76. The number of nitrogen functional groups attached to an aromatic ring is 1. The molecule has 0 saturated heterocycles. The van der Waals surface area contributed by atoms with Crippen molar-refractivity contribution in [3.63, 3.8) is 0 Å². The van der Waals surface area contributed by atoms with E-state index < -0.39 is 0 Å². The monoisotopic (exact) mass is 244 g/mol. The molecule has 17 heavy (non-hydrogen) atoms. The standard InChI is InChI=1S/C13H12N2OS/c14-13-15-12(9-17-13)11-6-4-10(5-7-11)3-1-2-8-16/h4-7,9,16H,2,8H2,(H2,14,15). The molecule has 0 aliphatic heterocycles. The minimum Gasteiger partial charge on any atom is -0.395 e. The van der Waals surface area contributed by atoms with E-state index in [9.17, 15) is 0 Å². The molecule has 0 bridgehead atoms. The summed E-state index contributed by atoms with van der Waals surface area (Å²) in [6.07, 6.45) is 0.504. The third kappa shape index (κ3) is 3.06. The van der Waals surface area contributed by atoms with Crippen molar-refractivity contribution in [2.24, 2.45) is 0 Å². The fourth-order valence-corrected chi connectivity index (χ4v) is 1.94. The average molecular weight is 244 g/mol. The molecule has 0 aliphatic carbocycles. The van der Waals surface area contributed by atoms with Crippen molar-refractivity contribution in [2.75, 3.05) is 12.3 Å². The second kappa shape index (κ2) is 5.48. The number of hydrogen-bond acceptors (Lipinski definition) is 4. The zero-order chi connectivity index (χ0) is 12.1. The molecule has 3 nitrogen and oxygen atoms in total. The Morgan fingerprint density at radius 3 is 2.65 bits per heavy atom. The fourth-order valence-electron chi connectivity index (χ4n) is 1.36. The molecule has 0 aliphatic rings. The van der Waals surface area contributed by atoms with E-state index in [1.807, 2.05) is 29.6 Å². The highest BCUT2D eigenvalue weighted by Gasteiger charge is 2.01. The molecule has 0 unspecified atom stereocenters. The molecule has 1 aromatic carbocycles. The molecule has 3 N–H and O–H groups in total. The van der Waals surface area contributed by atoms with Crippen molar-refractivity contribution in [3.8, 4) is 23.1 Å². The molecular weight excluding hydrogens is 232 g/mol. The third-order valence-electron chi connectivity index (χ3n) is 2.17. The van der Waals surface area contributed by atoms with Gasteiger partial charge in [0.05, 0.1) is 12.3 Å². The van der Waals surface area contributed by atoms with Crippen LogP contribution in [-0.4, -0.2) is 16.7 Å². The van der Waals surface area contributed by atoms with Crippen molar-refractivity contribution >= 4 is 16.5 Å². The minimum absolute atomic E-state index is 0.100. The van der Waals surface area contributed by atoms with Gasteiger partial charge in [-0.05, 0) is 12.1 Å². The van der Waals surface area contributed by atoms with E-state index in [0.29, 0.717) is 11.6 Å². The number of aliphatic hydroxyl groups is 1. The number of thiazole rings is 1. The van der Waals surface area contributed by atoms with Crippen LogP contribution in [0.15, 0.2) is 29.6 Å². The Morgan fingerprint density at radius 2 is 2.06 bits per heavy atom. The summed E-state index contributed by atoms with van der Waals surface area (Å²) >= 11 is 1.43. The van der Waals surface area contributed by atoms with E-state index in [0.717, 1.165) is 16.8 Å². The molecule has 1 aromatic heterocycles.